The molecule has 8 nitrogen and oxygen atoms in total. The molecule has 0 bridgehead atoms. The lowest BCUT2D eigenvalue weighted by molar-refractivity contribution is -0.123. The van der Waals surface area contributed by atoms with Gasteiger partial charge in [-0.3, -0.25) is 9.69 Å². The molecule has 1 rings (SSSR count). The summed E-state index contributed by atoms with van der Waals surface area (Å²) in [6.45, 7) is 8.03. The molecule has 0 saturated carbocycles. The Morgan fingerprint density at radius 3 is 2.32 bits per heavy atom. The van der Waals surface area contributed by atoms with E-state index in [4.69, 9.17) is 5.73 Å². The summed E-state index contributed by atoms with van der Waals surface area (Å²) in [7, 11) is 5.52. The summed E-state index contributed by atoms with van der Waals surface area (Å²) in [6.07, 6.45) is 0. The van der Waals surface area contributed by atoms with Crippen LogP contribution in [0.15, 0.2) is 0 Å². The number of amides is 1. The summed E-state index contributed by atoms with van der Waals surface area (Å²) in [5.41, 5.74) is 5.48. The van der Waals surface area contributed by atoms with E-state index in [1.165, 1.54) is 0 Å². The normalized spacial score (nSPS) is 13.1. The Labute approximate surface area is 132 Å². The number of nitrogens with zero attached hydrogens (tertiary/aromatic N) is 5. The van der Waals surface area contributed by atoms with Gasteiger partial charge < -0.3 is 16.0 Å². The van der Waals surface area contributed by atoms with Crippen LogP contribution in [0.3, 0.4) is 0 Å². The minimum absolute atomic E-state index is 0.0447. The first-order chi connectivity index (χ1) is 9.99. The van der Waals surface area contributed by atoms with Crippen LogP contribution in [0, 0.1) is 0 Å². The maximum absolute atomic E-state index is 12.0. The van der Waals surface area contributed by atoms with Crippen molar-refractivity contribution in [3.8, 4) is 0 Å². The standard InChI is InChI=1S/C14H27N7O/c1-9(21(7)8-10(22)19-14(2,3)4)11-16-12(15)18-13(17-11)20(5)6/h9H,8H2,1-7H3,(H,19,22)(H2,15,16,17,18). The van der Waals surface area contributed by atoms with Gasteiger partial charge in [-0.1, -0.05) is 0 Å². The molecule has 3 N–H and O–H groups in total. The zero-order valence-corrected chi connectivity index (χ0v) is 14.5. The fourth-order valence-electron chi connectivity index (χ4n) is 1.80. The number of hydrogen-bond acceptors (Lipinski definition) is 7. The largest absolute Gasteiger partial charge is 0.368 e. The van der Waals surface area contributed by atoms with Gasteiger partial charge in [0.05, 0.1) is 12.6 Å². The summed E-state index contributed by atoms with van der Waals surface area (Å²) in [5, 5.41) is 2.93. The highest BCUT2D eigenvalue weighted by molar-refractivity contribution is 5.78. The average molecular weight is 309 g/mol. The van der Waals surface area contributed by atoms with Crippen LogP contribution in [-0.2, 0) is 4.79 Å². The van der Waals surface area contributed by atoms with Crippen LogP contribution in [0.25, 0.3) is 0 Å². The predicted octanol–water partition coefficient (Wildman–Crippen LogP) is 0.427. The molecule has 1 aromatic rings. The molecular formula is C14H27N7O. The van der Waals surface area contributed by atoms with Gasteiger partial charge in [-0.25, -0.2) is 0 Å². The van der Waals surface area contributed by atoms with Crippen LogP contribution in [0.1, 0.15) is 39.6 Å². The Hall–Kier alpha value is -1.96. The number of anilines is 2. The molecule has 0 radical (unpaired) electrons. The van der Waals surface area contributed by atoms with Crippen molar-refractivity contribution in [1.29, 1.82) is 0 Å². The summed E-state index contributed by atoms with van der Waals surface area (Å²) >= 11 is 0. The monoisotopic (exact) mass is 309 g/mol. The summed E-state index contributed by atoms with van der Waals surface area (Å²) in [6, 6.07) is -0.158. The van der Waals surface area contributed by atoms with Gasteiger partial charge in [0.25, 0.3) is 0 Å². The Morgan fingerprint density at radius 1 is 1.23 bits per heavy atom. The average Bonchev–Trinajstić information content (AvgIpc) is 2.34. The van der Waals surface area contributed by atoms with Crippen LogP contribution < -0.4 is 16.0 Å². The topological polar surface area (TPSA) is 100 Å². The van der Waals surface area contributed by atoms with E-state index in [2.05, 4.69) is 20.3 Å². The lowest BCUT2D eigenvalue weighted by Gasteiger charge is -2.26. The number of carbonyl (C=O) groups is 1. The highest BCUT2D eigenvalue weighted by Gasteiger charge is 2.21. The number of rotatable bonds is 5. The molecule has 1 amide bonds. The zero-order valence-electron chi connectivity index (χ0n) is 14.5. The maximum Gasteiger partial charge on any atom is 0.234 e. The second-order valence-corrected chi connectivity index (χ2v) is 6.64. The van der Waals surface area contributed by atoms with Gasteiger partial charge in [0, 0.05) is 19.6 Å². The number of hydrogen-bond donors (Lipinski definition) is 2. The van der Waals surface area contributed by atoms with E-state index in [1.807, 2.05) is 53.7 Å². The number of nitrogens with two attached hydrogens (primary N) is 1. The maximum atomic E-state index is 12.0. The van der Waals surface area contributed by atoms with Crippen LogP contribution in [0.5, 0.6) is 0 Å². The van der Waals surface area contributed by atoms with Crippen molar-refractivity contribution in [2.24, 2.45) is 0 Å². The molecule has 0 spiro atoms. The van der Waals surface area contributed by atoms with E-state index in [9.17, 15) is 4.79 Å². The van der Waals surface area contributed by atoms with Crippen molar-refractivity contribution in [1.82, 2.24) is 25.2 Å². The van der Waals surface area contributed by atoms with Gasteiger partial charge in [-0.15, -0.1) is 0 Å². The molecule has 1 atom stereocenters. The smallest absolute Gasteiger partial charge is 0.234 e. The predicted molar refractivity (Wildman–Crippen MR) is 87.5 cm³/mol. The first-order valence-electron chi connectivity index (χ1n) is 7.19. The minimum Gasteiger partial charge on any atom is -0.368 e. The summed E-state index contributed by atoms with van der Waals surface area (Å²) in [5.74, 6) is 1.17. The van der Waals surface area contributed by atoms with Crippen LogP contribution in [0.4, 0.5) is 11.9 Å². The van der Waals surface area contributed by atoms with Crippen molar-refractivity contribution >= 4 is 17.8 Å². The van der Waals surface area contributed by atoms with Crippen molar-refractivity contribution in [2.45, 2.75) is 39.3 Å². The van der Waals surface area contributed by atoms with Gasteiger partial charge >= 0.3 is 0 Å². The third kappa shape index (κ3) is 5.44. The van der Waals surface area contributed by atoms with E-state index < -0.39 is 0 Å². The second-order valence-electron chi connectivity index (χ2n) is 6.64. The molecule has 124 valence electrons. The number of carbonyl (C=O) groups excluding carboxylic acids is 1. The van der Waals surface area contributed by atoms with Crippen molar-refractivity contribution in [3.63, 3.8) is 0 Å². The molecular weight excluding hydrogens is 282 g/mol. The Bertz CT molecular complexity index is 524. The number of likely N-dealkylation sites (N-methyl/N-ethyl adjacent to an activating group) is 1. The third-order valence-corrected chi connectivity index (χ3v) is 3.00. The molecule has 1 aromatic heterocycles. The van der Waals surface area contributed by atoms with Gasteiger partial charge in [0.1, 0.15) is 0 Å². The van der Waals surface area contributed by atoms with Crippen molar-refractivity contribution in [2.75, 3.05) is 38.3 Å². The second kappa shape index (κ2) is 6.87. The Morgan fingerprint density at radius 2 is 1.82 bits per heavy atom. The van der Waals surface area contributed by atoms with E-state index in [1.54, 1.807) is 4.90 Å². The van der Waals surface area contributed by atoms with Gasteiger partial charge in [0.15, 0.2) is 5.82 Å². The highest BCUT2D eigenvalue weighted by Crippen LogP contribution is 2.17. The van der Waals surface area contributed by atoms with Gasteiger partial charge in [0.2, 0.25) is 17.8 Å². The van der Waals surface area contributed by atoms with E-state index in [0.717, 1.165) is 0 Å². The van der Waals surface area contributed by atoms with E-state index in [-0.39, 0.29) is 30.0 Å². The molecule has 22 heavy (non-hydrogen) atoms. The number of aromatic nitrogens is 3. The van der Waals surface area contributed by atoms with Crippen molar-refractivity contribution < 1.29 is 4.79 Å². The molecule has 8 heteroatoms. The molecule has 1 heterocycles. The first-order valence-corrected chi connectivity index (χ1v) is 7.19. The first kappa shape index (κ1) is 18.1. The molecule has 0 aliphatic heterocycles. The quantitative estimate of drug-likeness (QED) is 0.813. The van der Waals surface area contributed by atoms with Crippen LogP contribution in [0.2, 0.25) is 0 Å². The van der Waals surface area contributed by atoms with Gasteiger partial charge in [-0.2, -0.15) is 15.0 Å². The molecule has 0 saturated heterocycles. The zero-order chi connectivity index (χ0) is 17.1. The van der Waals surface area contributed by atoms with Crippen LogP contribution >= 0.6 is 0 Å². The number of nitrogen functional groups attached to an aromatic ring is 1. The van der Waals surface area contributed by atoms with Crippen molar-refractivity contribution in [3.05, 3.63) is 5.82 Å². The van der Waals surface area contributed by atoms with E-state index in [0.29, 0.717) is 11.8 Å². The Kier molecular flexibility index (Phi) is 5.65. The molecule has 0 aliphatic carbocycles. The van der Waals surface area contributed by atoms with Crippen LogP contribution in [-0.4, -0.2) is 59.0 Å². The third-order valence-electron chi connectivity index (χ3n) is 3.00. The molecule has 0 aromatic carbocycles. The fraction of sp³-hybridized carbons (Fsp3) is 0.714. The van der Waals surface area contributed by atoms with E-state index >= 15 is 0 Å². The van der Waals surface area contributed by atoms with Gasteiger partial charge in [-0.05, 0) is 34.7 Å². The summed E-state index contributed by atoms with van der Waals surface area (Å²) < 4.78 is 0. The minimum atomic E-state index is -0.253. The molecule has 1 unspecified atom stereocenters. The Balaban J connectivity index is 2.82. The highest BCUT2D eigenvalue weighted by atomic mass is 16.2. The lowest BCUT2D eigenvalue weighted by atomic mass is 10.1. The number of nitrogens with one attached hydrogen (secondary N) is 1. The molecule has 0 aliphatic rings. The SMILES string of the molecule is CC(c1nc(N)nc(N(C)C)n1)N(C)CC(=O)NC(C)(C)C. The molecule has 0 fully saturated rings. The fourth-order valence-corrected chi connectivity index (χ4v) is 1.80. The summed E-state index contributed by atoms with van der Waals surface area (Å²) in [4.78, 5) is 28.3. The lowest BCUT2D eigenvalue weighted by Crippen LogP contribution is -2.45.